The van der Waals surface area contributed by atoms with Gasteiger partial charge in [-0.25, -0.2) is 0 Å². The first-order valence-electron chi connectivity index (χ1n) is 12.1. The molecule has 3 rings (SSSR count). The van der Waals surface area contributed by atoms with E-state index in [4.69, 9.17) is 5.73 Å². The smallest absolute Gasteiger partial charge is 0.251 e. The average molecular weight is 465 g/mol. The van der Waals surface area contributed by atoms with Gasteiger partial charge in [0, 0.05) is 24.3 Å². The molecule has 3 amide bonds. The van der Waals surface area contributed by atoms with Crippen molar-refractivity contribution in [2.45, 2.75) is 65.8 Å². The summed E-state index contributed by atoms with van der Waals surface area (Å²) < 4.78 is 0. The number of hydrogen-bond acceptors (Lipinski definition) is 4. The standard InChI is InChI=1S/C27H36N4O3/c1-5-6-7-8-24(33)31-12-11-20-9-10-21(29-23(32)16-28)15-22(20)26(31)27(34)30-25-18(3)13-17(2)14-19(25)4/h9-10,13-15,26H,5-8,11-12,16,28H2,1-4H3,(H,29,32)(H,30,34). The van der Waals surface area contributed by atoms with E-state index in [0.717, 1.165) is 52.8 Å². The molecule has 0 fully saturated rings. The first-order valence-corrected chi connectivity index (χ1v) is 12.1. The monoisotopic (exact) mass is 464 g/mol. The largest absolute Gasteiger partial charge is 0.326 e. The maximum atomic E-state index is 13.7. The first kappa shape index (κ1) is 25.4. The molecule has 1 heterocycles. The number of fused-ring (bicyclic) bond motifs is 1. The normalized spacial score (nSPS) is 15.0. The van der Waals surface area contributed by atoms with Crippen molar-refractivity contribution in [1.82, 2.24) is 4.90 Å². The molecule has 1 aliphatic heterocycles. The summed E-state index contributed by atoms with van der Waals surface area (Å²) in [6.45, 7) is 8.42. The predicted octanol–water partition coefficient (Wildman–Crippen LogP) is 4.15. The number of amides is 3. The number of unbranched alkanes of at least 4 members (excludes halogenated alkanes) is 2. The fourth-order valence-corrected chi connectivity index (χ4v) is 4.69. The summed E-state index contributed by atoms with van der Waals surface area (Å²) in [7, 11) is 0. The lowest BCUT2D eigenvalue weighted by atomic mass is 9.90. The SMILES string of the molecule is CCCCCC(=O)N1CCc2ccc(NC(=O)CN)cc2C1C(=O)Nc1c(C)cc(C)cc1C. The highest BCUT2D eigenvalue weighted by Crippen LogP contribution is 2.34. The Morgan fingerprint density at radius 3 is 2.38 bits per heavy atom. The Labute approximate surface area is 202 Å². The molecule has 0 radical (unpaired) electrons. The average Bonchev–Trinajstić information content (AvgIpc) is 2.80. The molecule has 34 heavy (non-hydrogen) atoms. The number of anilines is 2. The van der Waals surface area contributed by atoms with Crippen LogP contribution in [0.4, 0.5) is 11.4 Å². The van der Waals surface area contributed by atoms with Crippen LogP contribution in [0.2, 0.25) is 0 Å². The van der Waals surface area contributed by atoms with E-state index in [1.165, 1.54) is 0 Å². The summed E-state index contributed by atoms with van der Waals surface area (Å²) >= 11 is 0. The number of aryl methyl sites for hydroxylation is 3. The molecule has 0 aromatic heterocycles. The van der Waals surface area contributed by atoms with Crippen LogP contribution in [0.3, 0.4) is 0 Å². The fraction of sp³-hybridized carbons (Fsp3) is 0.444. The van der Waals surface area contributed by atoms with Gasteiger partial charge in [0.1, 0.15) is 6.04 Å². The molecule has 1 unspecified atom stereocenters. The number of benzene rings is 2. The molecule has 0 saturated carbocycles. The summed E-state index contributed by atoms with van der Waals surface area (Å²) in [5.41, 5.74) is 11.6. The van der Waals surface area contributed by atoms with Gasteiger partial charge in [0.25, 0.3) is 5.91 Å². The highest BCUT2D eigenvalue weighted by Gasteiger charge is 2.36. The minimum Gasteiger partial charge on any atom is -0.326 e. The molecule has 7 heteroatoms. The van der Waals surface area contributed by atoms with E-state index in [1.807, 2.05) is 45.0 Å². The van der Waals surface area contributed by atoms with Crippen LogP contribution in [0.1, 0.15) is 66.5 Å². The van der Waals surface area contributed by atoms with Gasteiger partial charge in [-0.1, -0.05) is 43.5 Å². The van der Waals surface area contributed by atoms with Crippen molar-refractivity contribution in [3.63, 3.8) is 0 Å². The Kier molecular flexibility index (Phi) is 8.45. The van der Waals surface area contributed by atoms with E-state index < -0.39 is 6.04 Å². The summed E-state index contributed by atoms with van der Waals surface area (Å²) in [5.74, 6) is -0.578. The van der Waals surface area contributed by atoms with Gasteiger partial charge < -0.3 is 21.3 Å². The molecule has 1 atom stereocenters. The molecule has 0 saturated heterocycles. The van der Waals surface area contributed by atoms with Crippen LogP contribution in [-0.4, -0.2) is 35.7 Å². The molecule has 2 aromatic carbocycles. The minimum absolute atomic E-state index is 0.0204. The van der Waals surface area contributed by atoms with Crippen molar-refractivity contribution >= 4 is 29.1 Å². The maximum absolute atomic E-state index is 13.7. The second kappa shape index (κ2) is 11.3. The molecule has 0 aliphatic carbocycles. The number of carbonyl (C=O) groups excluding carboxylic acids is 3. The van der Waals surface area contributed by atoms with Gasteiger partial charge in [0.05, 0.1) is 6.54 Å². The molecule has 0 bridgehead atoms. The Balaban J connectivity index is 1.98. The third-order valence-electron chi connectivity index (χ3n) is 6.33. The number of hydrogen-bond donors (Lipinski definition) is 3. The van der Waals surface area contributed by atoms with E-state index in [2.05, 4.69) is 17.6 Å². The van der Waals surface area contributed by atoms with Crippen molar-refractivity contribution < 1.29 is 14.4 Å². The van der Waals surface area contributed by atoms with Gasteiger partial charge in [-0.15, -0.1) is 0 Å². The van der Waals surface area contributed by atoms with Gasteiger partial charge in [-0.2, -0.15) is 0 Å². The van der Waals surface area contributed by atoms with E-state index in [0.29, 0.717) is 25.1 Å². The Hall–Kier alpha value is -3.19. The van der Waals surface area contributed by atoms with Crippen molar-refractivity contribution in [2.75, 3.05) is 23.7 Å². The molecular formula is C27H36N4O3. The topological polar surface area (TPSA) is 105 Å². The summed E-state index contributed by atoms with van der Waals surface area (Å²) in [4.78, 5) is 40.5. The molecular weight excluding hydrogens is 428 g/mol. The fourth-order valence-electron chi connectivity index (χ4n) is 4.69. The van der Waals surface area contributed by atoms with Gasteiger partial charge in [-0.3, -0.25) is 14.4 Å². The second-order valence-electron chi connectivity index (χ2n) is 9.13. The van der Waals surface area contributed by atoms with Crippen LogP contribution in [0.25, 0.3) is 0 Å². The number of rotatable bonds is 8. The van der Waals surface area contributed by atoms with Crippen molar-refractivity contribution in [1.29, 1.82) is 0 Å². The second-order valence-corrected chi connectivity index (χ2v) is 9.13. The summed E-state index contributed by atoms with van der Waals surface area (Å²) in [6.07, 6.45) is 3.88. The highest BCUT2D eigenvalue weighted by molar-refractivity contribution is 6.00. The number of nitrogens with two attached hydrogens (primary N) is 1. The van der Waals surface area contributed by atoms with Gasteiger partial charge in [0.2, 0.25) is 11.8 Å². The van der Waals surface area contributed by atoms with Gasteiger partial charge >= 0.3 is 0 Å². The van der Waals surface area contributed by atoms with Crippen LogP contribution in [-0.2, 0) is 20.8 Å². The molecule has 1 aliphatic rings. The minimum atomic E-state index is -0.771. The molecule has 0 spiro atoms. The molecule has 182 valence electrons. The number of carbonyl (C=O) groups is 3. The van der Waals surface area contributed by atoms with Crippen LogP contribution >= 0.6 is 0 Å². The summed E-state index contributed by atoms with van der Waals surface area (Å²) in [5, 5.41) is 5.86. The van der Waals surface area contributed by atoms with Crippen LogP contribution < -0.4 is 16.4 Å². The third kappa shape index (κ3) is 5.83. The quantitative estimate of drug-likeness (QED) is 0.510. The van der Waals surface area contributed by atoms with E-state index in [1.54, 1.807) is 11.0 Å². The summed E-state index contributed by atoms with van der Waals surface area (Å²) in [6, 6.07) is 8.83. The van der Waals surface area contributed by atoms with E-state index >= 15 is 0 Å². The van der Waals surface area contributed by atoms with Crippen molar-refractivity contribution in [3.8, 4) is 0 Å². The zero-order chi connectivity index (χ0) is 24.8. The number of nitrogens with one attached hydrogen (secondary N) is 2. The first-order chi connectivity index (χ1) is 16.2. The lowest BCUT2D eigenvalue weighted by Gasteiger charge is -2.37. The lowest BCUT2D eigenvalue weighted by Crippen LogP contribution is -2.45. The van der Waals surface area contributed by atoms with Crippen LogP contribution in [0, 0.1) is 20.8 Å². The number of nitrogens with zero attached hydrogens (tertiary/aromatic N) is 1. The molecule has 2 aromatic rings. The van der Waals surface area contributed by atoms with E-state index in [-0.39, 0.29) is 24.3 Å². The van der Waals surface area contributed by atoms with Gasteiger partial charge in [-0.05, 0) is 68.0 Å². The Morgan fingerprint density at radius 1 is 1.03 bits per heavy atom. The third-order valence-corrected chi connectivity index (χ3v) is 6.33. The lowest BCUT2D eigenvalue weighted by molar-refractivity contribution is -0.139. The van der Waals surface area contributed by atoms with Crippen LogP contribution in [0.15, 0.2) is 30.3 Å². The molecule has 4 N–H and O–H groups in total. The van der Waals surface area contributed by atoms with E-state index in [9.17, 15) is 14.4 Å². The Morgan fingerprint density at radius 2 is 1.74 bits per heavy atom. The van der Waals surface area contributed by atoms with Crippen molar-refractivity contribution in [2.24, 2.45) is 5.73 Å². The molecule has 7 nitrogen and oxygen atoms in total. The van der Waals surface area contributed by atoms with Crippen LogP contribution in [0.5, 0.6) is 0 Å². The highest BCUT2D eigenvalue weighted by atomic mass is 16.2. The zero-order valence-corrected chi connectivity index (χ0v) is 20.7. The predicted molar refractivity (Wildman–Crippen MR) is 136 cm³/mol. The van der Waals surface area contributed by atoms with Crippen molar-refractivity contribution in [3.05, 3.63) is 58.1 Å². The Bertz CT molecular complexity index is 1060. The maximum Gasteiger partial charge on any atom is 0.251 e. The van der Waals surface area contributed by atoms with Gasteiger partial charge in [0.15, 0.2) is 0 Å². The zero-order valence-electron chi connectivity index (χ0n) is 20.7.